The summed E-state index contributed by atoms with van der Waals surface area (Å²) in [6.07, 6.45) is 1.24. The summed E-state index contributed by atoms with van der Waals surface area (Å²) in [5.74, 6) is -0.537. The van der Waals surface area contributed by atoms with Crippen LogP contribution in [0.3, 0.4) is 0 Å². The zero-order valence-electron chi connectivity index (χ0n) is 14.0. The molecular formula is C20H22FNO2. The van der Waals surface area contributed by atoms with E-state index < -0.39 is 0 Å². The highest BCUT2D eigenvalue weighted by Gasteiger charge is 2.12. The number of hydrogen-bond acceptors (Lipinski definition) is 2. The van der Waals surface area contributed by atoms with Gasteiger partial charge in [-0.15, -0.1) is 0 Å². The summed E-state index contributed by atoms with van der Waals surface area (Å²) in [5.41, 5.74) is 2.63. The first-order valence-corrected chi connectivity index (χ1v) is 8.16. The average molecular weight is 327 g/mol. The second-order valence-corrected chi connectivity index (χ2v) is 5.81. The van der Waals surface area contributed by atoms with Crippen molar-refractivity contribution in [2.45, 2.75) is 39.2 Å². The minimum atomic E-state index is -0.308. The molecule has 0 spiro atoms. The molecule has 0 bridgehead atoms. The summed E-state index contributed by atoms with van der Waals surface area (Å²) in [4.78, 5) is 24.1. The lowest BCUT2D eigenvalue weighted by atomic mass is 10.0. The van der Waals surface area contributed by atoms with Gasteiger partial charge in [-0.3, -0.25) is 9.59 Å². The third-order valence-electron chi connectivity index (χ3n) is 4.01. The fourth-order valence-electron chi connectivity index (χ4n) is 2.45. The van der Waals surface area contributed by atoms with Crippen LogP contribution < -0.4 is 5.32 Å². The number of hydrogen-bond donors (Lipinski definition) is 1. The SMILES string of the molecule is CCc1ccc(C(=O)CCC(=O)NC(C)c2ccc(F)cc2)cc1. The van der Waals surface area contributed by atoms with Gasteiger partial charge in [0.1, 0.15) is 5.82 Å². The monoisotopic (exact) mass is 327 g/mol. The second kappa shape index (κ2) is 8.39. The van der Waals surface area contributed by atoms with Crippen LogP contribution in [0.4, 0.5) is 4.39 Å². The first kappa shape index (κ1) is 17.9. The molecule has 0 aliphatic carbocycles. The lowest BCUT2D eigenvalue weighted by Gasteiger charge is -2.14. The second-order valence-electron chi connectivity index (χ2n) is 5.81. The summed E-state index contributed by atoms with van der Waals surface area (Å²) in [7, 11) is 0. The standard InChI is InChI=1S/C20H22FNO2/c1-3-15-4-6-17(7-5-15)19(23)12-13-20(24)22-14(2)16-8-10-18(21)11-9-16/h4-11,14H,3,12-13H2,1-2H3,(H,22,24). The van der Waals surface area contributed by atoms with E-state index in [9.17, 15) is 14.0 Å². The van der Waals surface area contributed by atoms with Crippen molar-refractivity contribution in [2.75, 3.05) is 0 Å². The molecule has 0 saturated carbocycles. The summed E-state index contributed by atoms with van der Waals surface area (Å²) in [5, 5.41) is 2.83. The first-order valence-electron chi connectivity index (χ1n) is 8.16. The quantitative estimate of drug-likeness (QED) is 0.774. The van der Waals surface area contributed by atoms with Crippen LogP contribution in [0.2, 0.25) is 0 Å². The number of Topliss-reactive ketones (excluding diaryl/α,β-unsaturated/α-hetero) is 1. The maximum absolute atomic E-state index is 12.9. The number of benzene rings is 2. The van der Waals surface area contributed by atoms with Crippen molar-refractivity contribution in [2.24, 2.45) is 0 Å². The van der Waals surface area contributed by atoms with E-state index >= 15 is 0 Å². The molecule has 1 N–H and O–H groups in total. The van der Waals surface area contributed by atoms with E-state index in [1.54, 1.807) is 24.3 Å². The molecule has 2 aromatic carbocycles. The minimum absolute atomic E-state index is 0.0396. The van der Waals surface area contributed by atoms with Gasteiger partial charge in [-0.25, -0.2) is 4.39 Å². The van der Waals surface area contributed by atoms with E-state index in [-0.39, 0.29) is 36.4 Å². The van der Waals surface area contributed by atoms with Crippen LogP contribution in [0.1, 0.15) is 54.2 Å². The van der Waals surface area contributed by atoms with Gasteiger partial charge in [0, 0.05) is 18.4 Å². The molecule has 126 valence electrons. The summed E-state index contributed by atoms with van der Waals surface area (Å²) in [6.45, 7) is 3.89. The van der Waals surface area contributed by atoms with Crippen molar-refractivity contribution < 1.29 is 14.0 Å². The molecular weight excluding hydrogens is 305 g/mol. The Balaban J connectivity index is 1.83. The molecule has 3 nitrogen and oxygen atoms in total. The molecule has 2 rings (SSSR count). The number of rotatable bonds is 7. The van der Waals surface area contributed by atoms with Crippen LogP contribution in [0.25, 0.3) is 0 Å². The van der Waals surface area contributed by atoms with Gasteiger partial charge in [-0.2, -0.15) is 0 Å². The van der Waals surface area contributed by atoms with Crippen molar-refractivity contribution in [3.05, 3.63) is 71.0 Å². The molecule has 0 fully saturated rings. The van der Waals surface area contributed by atoms with Gasteiger partial charge in [-0.1, -0.05) is 43.3 Å². The maximum atomic E-state index is 12.9. The molecule has 0 radical (unpaired) electrons. The number of carbonyl (C=O) groups excluding carboxylic acids is 2. The fraction of sp³-hybridized carbons (Fsp3) is 0.300. The Hall–Kier alpha value is -2.49. The van der Waals surface area contributed by atoms with E-state index in [0.717, 1.165) is 12.0 Å². The molecule has 1 atom stereocenters. The topological polar surface area (TPSA) is 46.2 Å². The van der Waals surface area contributed by atoms with Gasteiger partial charge in [0.25, 0.3) is 0 Å². The Morgan fingerprint density at radius 1 is 1.00 bits per heavy atom. The van der Waals surface area contributed by atoms with Crippen molar-refractivity contribution in [1.29, 1.82) is 0 Å². The lowest BCUT2D eigenvalue weighted by Crippen LogP contribution is -2.26. The molecule has 0 heterocycles. The number of nitrogens with one attached hydrogen (secondary N) is 1. The molecule has 0 aliphatic rings. The molecule has 4 heteroatoms. The number of amides is 1. The number of carbonyl (C=O) groups is 2. The normalized spacial score (nSPS) is 11.8. The largest absolute Gasteiger partial charge is 0.350 e. The van der Waals surface area contributed by atoms with Crippen molar-refractivity contribution in [1.82, 2.24) is 5.32 Å². The Kier molecular flexibility index (Phi) is 6.24. The third kappa shape index (κ3) is 5.01. The van der Waals surface area contributed by atoms with Crippen LogP contribution in [-0.4, -0.2) is 11.7 Å². The van der Waals surface area contributed by atoms with Gasteiger partial charge in [-0.05, 0) is 36.6 Å². The van der Waals surface area contributed by atoms with Gasteiger partial charge in [0.2, 0.25) is 5.91 Å². The van der Waals surface area contributed by atoms with E-state index in [0.29, 0.717) is 5.56 Å². The lowest BCUT2D eigenvalue weighted by molar-refractivity contribution is -0.121. The van der Waals surface area contributed by atoms with Crippen LogP contribution in [0, 0.1) is 5.82 Å². The maximum Gasteiger partial charge on any atom is 0.220 e. The molecule has 1 unspecified atom stereocenters. The molecule has 0 saturated heterocycles. The Bertz CT molecular complexity index is 693. The molecule has 0 aliphatic heterocycles. The molecule has 2 aromatic rings. The van der Waals surface area contributed by atoms with Gasteiger partial charge < -0.3 is 5.32 Å². The van der Waals surface area contributed by atoms with E-state index in [4.69, 9.17) is 0 Å². The van der Waals surface area contributed by atoms with E-state index in [2.05, 4.69) is 12.2 Å². The average Bonchev–Trinajstić information content (AvgIpc) is 2.60. The highest BCUT2D eigenvalue weighted by molar-refractivity contribution is 5.98. The van der Waals surface area contributed by atoms with Crippen molar-refractivity contribution in [3.63, 3.8) is 0 Å². The van der Waals surface area contributed by atoms with Gasteiger partial charge >= 0.3 is 0 Å². The smallest absolute Gasteiger partial charge is 0.220 e. The Morgan fingerprint density at radius 3 is 2.21 bits per heavy atom. The zero-order valence-corrected chi connectivity index (χ0v) is 14.0. The van der Waals surface area contributed by atoms with Crippen LogP contribution in [0.5, 0.6) is 0 Å². The summed E-state index contributed by atoms with van der Waals surface area (Å²) in [6, 6.07) is 13.3. The van der Waals surface area contributed by atoms with Crippen molar-refractivity contribution >= 4 is 11.7 Å². The zero-order chi connectivity index (χ0) is 17.5. The van der Waals surface area contributed by atoms with Crippen LogP contribution in [0.15, 0.2) is 48.5 Å². The van der Waals surface area contributed by atoms with E-state index in [1.807, 2.05) is 19.1 Å². The number of ketones is 1. The number of aryl methyl sites for hydroxylation is 1. The Labute approximate surface area is 141 Å². The molecule has 0 aromatic heterocycles. The van der Waals surface area contributed by atoms with E-state index in [1.165, 1.54) is 17.7 Å². The molecule has 1 amide bonds. The highest BCUT2D eigenvalue weighted by Crippen LogP contribution is 2.14. The summed E-state index contributed by atoms with van der Waals surface area (Å²) < 4.78 is 12.9. The van der Waals surface area contributed by atoms with Gasteiger partial charge in [0.15, 0.2) is 5.78 Å². The van der Waals surface area contributed by atoms with Crippen molar-refractivity contribution in [3.8, 4) is 0 Å². The van der Waals surface area contributed by atoms with Crippen LogP contribution in [-0.2, 0) is 11.2 Å². The van der Waals surface area contributed by atoms with Gasteiger partial charge in [0.05, 0.1) is 6.04 Å². The van der Waals surface area contributed by atoms with Crippen LogP contribution >= 0.6 is 0 Å². The fourth-order valence-corrected chi connectivity index (χ4v) is 2.45. The third-order valence-corrected chi connectivity index (χ3v) is 4.01. The molecule has 24 heavy (non-hydrogen) atoms. The number of halogens is 1. The minimum Gasteiger partial charge on any atom is -0.350 e. The Morgan fingerprint density at radius 2 is 1.62 bits per heavy atom. The predicted molar refractivity (Wildman–Crippen MR) is 92.3 cm³/mol. The highest BCUT2D eigenvalue weighted by atomic mass is 19.1. The first-order chi connectivity index (χ1) is 11.5. The summed E-state index contributed by atoms with van der Waals surface area (Å²) >= 11 is 0. The predicted octanol–water partition coefficient (Wildman–Crippen LogP) is 4.23.